The highest BCUT2D eigenvalue weighted by Crippen LogP contribution is 2.40. The van der Waals surface area contributed by atoms with Crippen LogP contribution in [-0.2, 0) is 11.2 Å². The molecule has 1 atom stereocenters. The van der Waals surface area contributed by atoms with E-state index in [9.17, 15) is 4.79 Å². The molecule has 124 valence electrons. The molecular formula is C18H18N2O4. The Morgan fingerprint density at radius 3 is 2.92 bits per heavy atom. The molecule has 2 aromatic rings. The summed E-state index contributed by atoms with van der Waals surface area (Å²) in [5.74, 6) is 1.88. The maximum atomic E-state index is 12.2. The standard InChI is InChI=1S/C18H18N2O4/c1-10(2)20-17(21)16-8-13-12(5-6-19-18(13)24-16)11-3-4-14-15(7-11)23-9-22-14/h3-7,10,16H,8-9H2,1-2H3,(H,20,21). The molecule has 3 heterocycles. The first-order chi connectivity index (χ1) is 11.6. The van der Waals surface area contributed by atoms with Gasteiger partial charge in [0.05, 0.1) is 0 Å². The Morgan fingerprint density at radius 1 is 1.25 bits per heavy atom. The summed E-state index contributed by atoms with van der Waals surface area (Å²) in [7, 11) is 0. The predicted molar refractivity (Wildman–Crippen MR) is 87.2 cm³/mol. The van der Waals surface area contributed by atoms with E-state index in [1.54, 1.807) is 6.20 Å². The lowest BCUT2D eigenvalue weighted by Crippen LogP contribution is -2.40. The van der Waals surface area contributed by atoms with Gasteiger partial charge in [0.15, 0.2) is 17.6 Å². The third kappa shape index (κ3) is 2.54. The van der Waals surface area contributed by atoms with Crippen LogP contribution in [0.1, 0.15) is 19.4 Å². The number of hydrogen-bond acceptors (Lipinski definition) is 5. The average Bonchev–Trinajstić information content (AvgIpc) is 3.19. The normalized spacial score (nSPS) is 17.5. The van der Waals surface area contributed by atoms with Gasteiger partial charge in [-0.25, -0.2) is 4.98 Å². The number of carbonyl (C=O) groups is 1. The van der Waals surface area contributed by atoms with Crippen molar-refractivity contribution >= 4 is 5.91 Å². The zero-order valence-electron chi connectivity index (χ0n) is 13.5. The Hall–Kier alpha value is -2.76. The minimum atomic E-state index is -0.537. The van der Waals surface area contributed by atoms with Crippen LogP contribution in [0.3, 0.4) is 0 Å². The number of aromatic nitrogens is 1. The Kier molecular flexibility index (Phi) is 3.52. The smallest absolute Gasteiger partial charge is 0.261 e. The average molecular weight is 326 g/mol. The summed E-state index contributed by atoms with van der Waals surface area (Å²) in [6, 6.07) is 7.82. The predicted octanol–water partition coefficient (Wildman–Crippen LogP) is 2.31. The van der Waals surface area contributed by atoms with Gasteiger partial charge in [-0.3, -0.25) is 4.79 Å². The zero-order chi connectivity index (χ0) is 16.7. The fourth-order valence-electron chi connectivity index (χ4n) is 2.99. The monoisotopic (exact) mass is 326 g/mol. The summed E-state index contributed by atoms with van der Waals surface area (Å²) >= 11 is 0. The van der Waals surface area contributed by atoms with Crippen LogP contribution in [0, 0.1) is 0 Å². The lowest BCUT2D eigenvalue weighted by molar-refractivity contribution is -0.127. The molecule has 2 aliphatic rings. The van der Waals surface area contributed by atoms with Crippen LogP contribution >= 0.6 is 0 Å². The number of hydrogen-bond donors (Lipinski definition) is 1. The number of benzene rings is 1. The highest BCUT2D eigenvalue weighted by molar-refractivity contribution is 5.84. The topological polar surface area (TPSA) is 69.7 Å². The maximum absolute atomic E-state index is 12.2. The maximum Gasteiger partial charge on any atom is 0.261 e. The van der Waals surface area contributed by atoms with Gasteiger partial charge < -0.3 is 19.5 Å². The van der Waals surface area contributed by atoms with Crippen LogP contribution < -0.4 is 19.5 Å². The van der Waals surface area contributed by atoms with Gasteiger partial charge in [0, 0.05) is 24.2 Å². The fourth-order valence-corrected chi connectivity index (χ4v) is 2.99. The molecule has 1 N–H and O–H groups in total. The van der Waals surface area contributed by atoms with Gasteiger partial charge >= 0.3 is 0 Å². The third-order valence-corrected chi connectivity index (χ3v) is 4.07. The SMILES string of the molecule is CC(C)NC(=O)C1Cc2c(-c3ccc4c(c3)OCO4)ccnc2O1. The first kappa shape index (κ1) is 14.8. The Morgan fingerprint density at radius 2 is 2.08 bits per heavy atom. The second-order valence-corrected chi connectivity index (χ2v) is 6.18. The molecule has 2 aliphatic heterocycles. The highest BCUT2D eigenvalue weighted by Gasteiger charge is 2.32. The first-order valence-corrected chi connectivity index (χ1v) is 7.97. The Balaban J connectivity index is 1.65. The molecule has 6 heteroatoms. The number of nitrogens with one attached hydrogen (secondary N) is 1. The molecular weight excluding hydrogens is 308 g/mol. The van der Waals surface area contributed by atoms with E-state index in [0.717, 1.165) is 28.2 Å². The van der Waals surface area contributed by atoms with E-state index in [4.69, 9.17) is 14.2 Å². The quantitative estimate of drug-likeness (QED) is 0.937. The van der Waals surface area contributed by atoms with Crippen molar-refractivity contribution in [1.82, 2.24) is 10.3 Å². The molecule has 1 amide bonds. The van der Waals surface area contributed by atoms with E-state index < -0.39 is 6.10 Å². The summed E-state index contributed by atoms with van der Waals surface area (Å²) in [4.78, 5) is 16.5. The van der Waals surface area contributed by atoms with Crippen molar-refractivity contribution in [3.63, 3.8) is 0 Å². The molecule has 0 spiro atoms. The van der Waals surface area contributed by atoms with E-state index in [1.165, 1.54) is 0 Å². The van der Waals surface area contributed by atoms with Crippen molar-refractivity contribution in [2.75, 3.05) is 6.79 Å². The molecule has 0 saturated carbocycles. The molecule has 0 bridgehead atoms. The molecule has 6 nitrogen and oxygen atoms in total. The summed E-state index contributed by atoms with van der Waals surface area (Å²) in [6.45, 7) is 4.10. The van der Waals surface area contributed by atoms with Crippen molar-refractivity contribution in [2.24, 2.45) is 0 Å². The molecule has 0 aliphatic carbocycles. The van der Waals surface area contributed by atoms with Gasteiger partial charge in [-0.1, -0.05) is 6.07 Å². The van der Waals surface area contributed by atoms with Gasteiger partial charge in [0.25, 0.3) is 5.91 Å². The van der Waals surface area contributed by atoms with Crippen molar-refractivity contribution in [2.45, 2.75) is 32.4 Å². The van der Waals surface area contributed by atoms with E-state index in [0.29, 0.717) is 12.3 Å². The van der Waals surface area contributed by atoms with E-state index in [1.807, 2.05) is 38.1 Å². The largest absolute Gasteiger partial charge is 0.464 e. The zero-order valence-corrected chi connectivity index (χ0v) is 13.5. The van der Waals surface area contributed by atoms with Gasteiger partial charge in [0.2, 0.25) is 12.7 Å². The van der Waals surface area contributed by atoms with Crippen LogP contribution in [0.25, 0.3) is 11.1 Å². The van der Waals surface area contributed by atoms with Crippen LogP contribution in [0.4, 0.5) is 0 Å². The minimum absolute atomic E-state index is 0.0751. The molecule has 1 unspecified atom stereocenters. The number of rotatable bonds is 3. The van der Waals surface area contributed by atoms with Crippen LogP contribution in [0.5, 0.6) is 17.4 Å². The fraction of sp³-hybridized carbons (Fsp3) is 0.333. The van der Waals surface area contributed by atoms with Crippen LogP contribution in [0.2, 0.25) is 0 Å². The van der Waals surface area contributed by atoms with Crippen LogP contribution in [0.15, 0.2) is 30.5 Å². The van der Waals surface area contributed by atoms with Crippen molar-refractivity contribution in [3.8, 4) is 28.5 Å². The van der Waals surface area contributed by atoms with Crippen molar-refractivity contribution in [1.29, 1.82) is 0 Å². The second-order valence-electron chi connectivity index (χ2n) is 6.18. The van der Waals surface area contributed by atoms with E-state index in [-0.39, 0.29) is 18.7 Å². The van der Waals surface area contributed by atoms with Crippen molar-refractivity contribution < 1.29 is 19.0 Å². The molecule has 0 radical (unpaired) electrons. The molecule has 24 heavy (non-hydrogen) atoms. The molecule has 4 rings (SSSR count). The summed E-state index contributed by atoms with van der Waals surface area (Å²) in [5, 5.41) is 2.88. The first-order valence-electron chi connectivity index (χ1n) is 7.97. The third-order valence-electron chi connectivity index (χ3n) is 4.07. The lowest BCUT2D eigenvalue weighted by Gasteiger charge is -2.12. The second kappa shape index (κ2) is 5.70. The minimum Gasteiger partial charge on any atom is -0.464 e. The number of pyridine rings is 1. The van der Waals surface area contributed by atoms with Gasteiger partial charge in [-0.15, -0.1) is 0 Å². The van der Waals surface area contributed by atoms with Gasteiger partial charge in [-0.2, -0.15) is 0 Å². The van der Waals surface area contributed by atoms with E-state index >= 15 is 0 Å². The lowest BCUT2D eigenvalue weighted by atomic mass is 9.98. The number of amides is 1. The molecule has 0 saturated heterocycles. The van der Waals surface area contributed by atoms with E-state index in [2.05, 4.69) is 10.3 Å². The Labute approximate surface area is 139 Å². The van der Waals surface area contributed by atoms with Crippen molar-refractivity contribution in [3.05, 3.63) is 36.0 Å². The number of carbonyl (C=O) groups excluding carboxylic acids is 1. The molecule has 1 aromatic carbocycles. The Bertz CT molecular complexity index is 804. The summed E-state index contributed by atoms with van der Waals surface area (Å²) < 4.78 is 16.6. The van der Waals surface area contributed by atoms with Crippen LogP contribution in [-0.4, -0.2) is 29.8 Å². The van der Waals surface area contributed by atoms with Gasteiger partial charge in [-0.05, 0) is 43.2 Å². The van der Waals surface area contributed by atoms with Gasteiger partial charge in [0.1, 0.15) is 0 Å². The number of ether oxygens (including phenoxy) is 3. The number of fused-ring (bicyclic) bond motifs is 2. The number of nitrogens with zero attached hydrogens (tertiary/aromatic N) is 1. The molecule has 0 fully saturated rings. The summed E-state index contributed by atoms with van der Waals surface area (Å²) in [5.41, 5.74) is 2.94. The summed E-state index contributed by atoms with van der Waals surface area (Å²) in [6.07, 6.45) is 1.66. The highest BCUT2D eigenvalue weighted by atomic mass is 16.7. The molecule has 1 aromatic heterocycles.